The van der Waals surface area contributed by atoms with Crippen LogP contribution in [0.1, 0.15) is 35.0 Å². The fourth-order valence-electron chi connectivity index (χ4n) is 2.28. The third-order valence-corrected chi connectivity index (χ3v) is 4.36. The Morgan fingerprint density at radius 2 is 2.37 bits per heavy atom. The van der Waals surface area contributed by atoms with E-state index in [-0.39, 0.29) is 5.91 Å². The molecule has 0 spiro atoms. The molecule has 4 nitrogen and oxygen atoms in total. The van der Waals surface area contributed by atoms with Gasteiger partial charge < -0.3 is 10.0 Å². The fraction of sp³-hybridized carbons (Fsp3) is 0.429. The molecule has 5 heteroatoms. The zero-order valence-electron chi connectivity index (χ0n) is 10.8. The van der Waals surface area contributed by atoms with Gasteiger partial charge in [-0.1, -0.05) is 13.3 Å². The number of likely N-dealkylation sites (tertiary alicyclic amines) is 1. The molecule has 2 rings (SSSR count). The third kappa shape index (κ3) is 3.23. The minimum absolute atomic E-state index is 0.0241. The summed E-state index contributed by atoms with van der Waals surface area (Å²) >= 11 is 1.37. The predicted octanol–water partition coefficient (Wildman–Crippen LogP) is 2.72. The van der Waals surface area contributed by atoms with Gasteiger partial charge in [0, 0.05) is 19.2 Å². The van der Waals surface area contributed by atoms with E-state index in [1.165, 1.54) is 17.4 Å². The summed E-state index contributed by atoms with van der Waals surface area (Å²) in [5.41, 5.74) is 0.692. The summed E-state index contributed by atoms with van der Waals surface area (Å²) < 4.78 is 0. The predicted molar refractivity (Wildman–Crippen MR) is 75.3 cm³/mol. The van der Waals surface area contributed by atoms with Gasteiger partial charge in [-0.3, -0.25) is 4.79 Å². The Morgan fingerprint density at radius 3 is 3.00 bits per heavy atom. The molecule has 1 aliphatic heterocycles. The largest absolute Gasteiger partial charge is 0.478 e. The van der Waals surface area contributed by atoms with E-state index in [0.29, 0.717) is 16.4 Å². The summed E-state index contributed by atoms with van der Waals surface area (Å²) in [5, 5.41) is 10.5. The lowest BCUT2D eigenvalue weighted by atomic mass is 10.1. The molecule has 1 atom stereocenters. The molecule has 1 aliphatic rings. The molecule has 1 fully saturated rings. The van der Waals surface area contributed by atoms with Gasteiger partial charge in [0.15, 0.2) is 0 Å². The molecule has 0 radical (unpaired) electrons. The van der Waals surface area contributed by atoms with E-state index in [1.807, 2.05) is 10.3 Å². The van der Waals surface area contributed by atoms with Crippen molar-refractivity contribution < 1.29 is 14.7 Å². The Kier molecular flexibility index (Phi) is 4.37. The van der Waals surface area contributed by atoms with Gasteiger partial charge in [-0.15, -0.1) is 11.3 Å². The highest BCUT2D eigenvalue weighted by Gasteiger charge is 2.27. The van der Waals surface area contributed by atoms with Crippen LogP contribution in [0.5, 0.6) is 0 Å². The summed E-state index contributed by atoms with van der Waals surface area (Å²) in [4.78, 5) is 25.4. The molecule has 1 unspecified atom stereocenters. The number of hydrogen-bond donors (Lipinski definition) is 1. The van der Waals surface area contributed by atoms with Crippen LogP contribution in [-0.2, 0) is 4.79 Å². The van der Waals surface area contributed by atoms with Crippen molar-refractivity contribution in [1.29, 1.82) is 0 Å². The van der Waals surface area contributed by atoms with Gasteiger partial charge in [-0.2, -0.15) is 0 Å². The molecule has 1 amide bonds. The number of carboxylic acid groups (broad SMARTS) is 1. The summed E-state index contributed by atoms with van der Waals surface area (Å²) in [5.74, 6) is -0.380. The van der Waals surface area contributed by atoms with Gasteiger partial charge in [0.25, 0.3) is 5.91 Å². The van der Waals surface area contributed by atoms with E-state index < -0.39 is 5.97 Å². The molecular formula is C14H17NO3S. The van der Waals surface area contributed by atoms with Crippen molar-refractivity contribution in [3.8, 4) is 0 Å². The van der Waals surface area contributed by atoms with E-state index in [9.17, 15) is 9.59 Å². The second kappa shape index (κ2) is 6.02. The summed E-state index contributed by atoms with van der Waals surface area (Å²) in [7, 11) is 0. The van der Waals surface area contributed by atoms with Gasteiger partial charge in [0.2, 0.25) is 0 Å². The lowest BCUT2D eigenvalue weighted by molar-refractivity contribution is -0.131. The maximum Gasteiger partial charge on any atom is 0.328 e. The summed E-state index contributed by atoms with van der Waals surface area (Å²) in [6, 6.07) is 1.78. The molecule has 0 saturated carbocycles. The molecule has 1 saturated heterocycles. The number of nitrogens with zero attached hydrogens (tertiary/aromatic N) is 1. The second-order valence-electron chi connectivity index (χ2n) is 4.69. The minimum atomic E-state index is -1.00. The highest BCUT2D eigenvalue weighted by molar-refractivity contribution is 7.12. The molecule has 1 aromatic rings. The van der Waals surface area contributed by atoms with Crippen LogP contribution in [0, 0.1) is 5.92 Å². The molecule has 1 aromatic heterocycles. The molecule has 1 N–H and O–H groups in total. The Hall–Kier alpha value is -1.62. The van der Waals surface area contributed by atoms with Gasteiger partial charge in [-0.25, -0.2) is 4.79 Å². The fourth-order valence-corrected chi connectivity index (χ4v) is 3.13. The minimum Gasteiger partial charge on any atom is -0.478 e. The average molecular weight is 279 g/mol. The van der Waals surface area contributed by atoms with Crippen LogP contribution >= 0.6 is 11.3 Å². The van der Waals surface area contributed by atoms with Gasteiger partial charge >= 0.3 is 5.97 Å². The quantitative estimate of drug-likeness (QED) is 0.862. The first-order valence-corrected chi connectivity index (χ1v) is 7.27. The monoisotopic (exact) mass is 279 g/mol. The molecule has 102 valence electrons. The average Bonchev–Trinajstić information content (AvgIpc) is 3.04. The Balaban J connectivity index is 2.12. The molecule has 0 aliphatic carbocycles. The number of thiophene rings is 1. The molecule has 0 bridgehead atoms. The van der Waals surface area contributed by atoms with Crippen molar-refractivity contribution >= 4 is 29.3 Å². The van der Waals surface area contributed by atoms with E-state index in [0.717, 1.165) is 32.0 Å². The number of rotatable bonds is 4. The first kappa shape index (κ1) is 13.8. The second-order valence-corrected chi connectivity index (χ2v) is 5.61. The van der Waals surface area contributed by atoms with Crippen LogP contribution in [0.25, 0.3) is 6.08 Å². The van der Waals surface area contributed by atoms with Crippen molar-refractivity contribution in [3.63, 3.8) is 0 Å². The highest BCUT2D eigenvalue weighted by Crippen LogP contribution is 2.25. The topological polar surface area (TPSA) is 57.6 Å². The van der Waals surface area contributed by atoms with Crippen LogP contribution in [0.4, 0.5) is 0 Å². The first-order valence-electron chi connectivity index (χ1n) is 6.39. The normalized spacial score (nSPS) is 19.2. The zero-order valence-corrected chi connectivity index (χ0v) is 11.7. The van der Waals surface area contributed by atoms with Crippen LogP contribution in [-0.4, -0.2) is 35.0 Å². The third-order valence-electron chi connectivity index (χ3n) is 3.45. The van der Waals surface area contributed by atoms with E-state index in [2.05, 4.69) is 6.92 Å². The van der Waals surface area contributed by atoms with Crippen LogP contribution < -0.4 is 0 Å². The number of carbonyl (C=O) groups is 2. The zero-order chi connectivity index (χ0) is 13.8. The Morgan fingerprint density at radius 1 is 1.58 bits per heavy atom. The molecule has 19 heavy (non-hydrogen) atoms. The number of carbonyl (C=O) groups excluding carboxylic acids is 1. The Labute approximate surface area is 116 Å². The van der Waals surface area contributed by atoms with Gasteiger partial charge in [0.05, 0.1) is 4.88 Å². The van der Waals surface area contributed by atoms with E-state index in [1.54, 1.807) is 6.07 Å². The SMILES string of the molecule is CCC1CCN(C(=O)c2sccc2/C=C/C(=O)O)C1. The maximum atomic E-state index is 12.4. The standard InChI is InChI=1S/C14H17NO3S/c1-2-10-5-7-15(9-10)14(18)13-11(6-8-19-13)3-4-12(16)17/h3-4,6,8,10H,2,5,7,9H2,1H3,(H,16,17)/b4-3+. The van der Waals surface area contributed by atoms with Crippen molar-refractivity contribution in [3.05, 3.63) is 28.0 Å². The van der Waals surface area contributed by atoms with Crippen LogP contribution in [0.2, 0.25) is 0 Å². The lowest BCUT2D eigenvalue weighted by Gasteiger charge is -2.15. The van der Waals surface area contributed by atoms with E-state index >= 15 is 0 Å². The molecule has 0 aromatic carbocycles. The van der Waals surface area contributed by atoms with Crippen molar-refractivity contribution in [1.82, 2.24) is 4.90 Å². The van der Waals surface area contributed by atoms with Gasteiger partial charge in [-0.05, 0) is 35.4 Å². The first-order chi connectivity index (χ1) is 9.11. The highest BCUT2D eigenvalue weighted by atomic mass is 32.1. The number of amides is 1. The number of aliphatic carboxylic acids is 1. The summed E-state index contributed by atoms with van der Waals surface area (Å²) in [6.07, 6.45) is 4.71. The number of carboxylic acids is 1. The van der Waals surface area contributed by atoms with Crippen molar-refractivity contribution in [2.24, 2.45) is 5.92 Å². The van der Waals surface area contributed by atoms with Crippen LogP contribution in [0.15, 0.2) is 17.5 Å². The van der Waals surface area contributed by atoms with Gasteiger partial charge in [0.1, 0.15) is 0 Å². The van der Waals surface area contributed by atoms with Crippen LogP contribution in [0.3, 0.4) is 0 Å². The summed E-state index contributed by atoms with van der Waals surface area (Å²) in [6.45, 7) is 3.76. The van der Waals surface area contributed by atoms with Crippen molar-refractivity contribution in [2.75, 3.05) is 13.1 Å². The maximum absolute atomic E-state index is 12.4. The number of hydrogen-bond acceptors (Lipinski definition) is 3. The molecular weight excluding hydrogens is 262 g/mol. The smallest absolute Gasteiger partial charge is 0.328 e. The van der Waals surface area contributed by atoms with E-state index in [4.69, 9.17) is 5.11 Å². The van der Waals surface area contributed by atoms with Crippen molar-refractivity contribution in [2.45, 2.75) is 19.8 Å². The lowest BCUT2D eigenvalue weighted by Crippen LogP contribution is -2.28. The molecule has 2 heterocycles. The Bertz CT molecular complexity index is 507.